The van der Waals surface area contributed by atoms with Crippen molar-refractivity contribution in [2.75, 3.05) is 18.4 Å². The van der Waals surface area contributed by atoms with Gasteiger partial charge in [-0.15, -0.1) is 0 Å². The van der Waals surface area contributed by atoms with Gasteiger partial charge in [-0.3, -0.25) is 14.9 Å². The second-order valence-electron chi connectivity index (χ2n) is 3.88. The summed E-state index contributed by atoms with van der Waals surface area (Å²) < 4.78 is 25.8. The van der Waals surface area contributed by atoms with Gasteiger partial charge in [0.2, 0.25) is 11.8 Å². The topological polar surface area (TPSA) is 70.2 Å². The van der Waals surface area contributed by atoms with Crippen LogP contribution < -0.4 is 16.0 Å². The average Bonchev–Trinajstić information content (AvgIpc) is 2.28. The molecule has 0 aromatic heterocycles. The molecule has 18 heavy (non-hydrogen) atoms. The van der Waals surface area contributed by atoms with Gasteiger partial charge in [-0.2, -0.15) is 0 Å². The van der Waals surface area contributed by atoms with Crippen LogP contribution in [0, 0.1) is 11.6 Å². The first kappa shape index (κ1) is 12.4. The molecule has 0 radical (unpaired) electrons. The lowest BCUT2D eigenvalue weighted by Gasteiger charge is -2.23. The number of nitrogens with one attached hydrogen (secondary N) is 3. The van der Waals surface area contributed by atoms with E-state index in [4.69, 9.17) is 0 Å². The third-order valence-electron chi connectivity index (χ3n) is 2.46. The fraction of sp³-hybridized carbons (Fsp3) is 0.273. The van der Waals surface area contributed by atoms with Crippen LogP contribution in [0.2, 0.25) is 0 Å². The van der Waals surface area contributed by atoms with Gasteiger partial charge < -0.3 is 10.6 Å². The minimum absolute atomic E-state index is 0.0373. The summed E-state index contributed by atoms with van der Waals surface area (Å²) in [6.45, 7) is 0.179. The zero-order valence-electron chi connectivity index (χ0n) is 9.30. The number of carbonyl (C=O) groups is 2. The molecule has 0 spiro atoms. The number of halogens is 2. The van der Waals surface area contributed by atoms with Crippen molar-refractivity contribution >= 4 is 17.5 Å². The van der Waals surface area contributed by atoms with Gasteiger partial charge in [0.25, 0.3) is 0 Å². The van der Waals surface area contributed by atoms with Crippen molar-refractivity contribution in [1.29, 1.82) is 0 Å². The first-order valence-electron chi connectivity index (χ1n) is 5.31. The van der Waals surface area contributed by atoms with Crippen LogP contribution in [0.4, 0.5) is 14.5 Å². The number of benzene rings is 1. The lowest BCUT2D eigenvalue weighted by atomic mass is 10.2. The summed E-state index contributed by atoms with van der Waals surface area (Å²) in [6.07, 6.45) is 0. The lowest BCUT2D eigenvalue weighted by Crippen LogP contribution is -2.56. The van der Waals surface area contributed by atoms with E-state index >= 15 is 0 Å². The van der Waals surface area contributed by atoms with Crippen molar-refractivity contribution in [3.63, 3.8) is 0 Å². The van der Waals surface area contributed by atoms with Crippen LogP contribution >= 0.6 is 0 Å². The van der Waals surface area contributed by atoms with Gasteiger partial charge in [-0.1, -0.05) is 0 Å². The van der Waals surface area contributed by atoms with Gasteiger partial charge in [0, 0.05) is 18.3 Å². The molecule has 1 aromatic rings. The Morgan fingerprint density at radius 1 is 1.28 bits per heavy atom. The van der Waals surface area contributed by atoms with Crippen LogP contribution in [0.5, 0.6) is 0 Å². The third-order valence-corrected chi connectivity index (χ3v) is 2.46. The number of piperazine rings is 1. The number of amides is 2. The summed E-state index contributed by atoms with van der Waals surface area (Å²) in [6, 6.07) is 2.13. The Bertz CT molecular complexity index is 463. The Hall–Kier alpha value is -2.02. The summed E-state index contributed by atoms with van der Waals surface area (Å²) in [4.78, 5) is 22.6. The zero-order chi connectivity index (χ0) is 13.1. The lowest BCUT2D eigenvalue weighted by molar-refractivity contribution is -0.124. The molecule has 1 fully saturated rings. The van der Waals surface area contributed by atoms with Crippen LogP contribution in [-0.2, 0) is 9.59 Å². The van der Waals surface area contributed by atoms with Crippen molar-refractivity contribution < 1.29 is 18.4 Å². The number of anilines is 1. The average molecular weight is 255 g/mol. The predicted octanol–water partition coefficient (Wildman–Crippen LogP) is -0.00870. The summed E-state index contributed by atoms with van der Waals surface area (Å²) in [5.74, 6) is -2.19. The fourth-order valence-electron chi connectivity index (χ4n) is 1.61. The maximum atomic E-state index is 12.9. The monoisotopic (exact) mass is 255 g/mol. The normalized spacial score (nSPS) is 19.2. The molecular formula is C11H11F2N3O2. The highest BCUT2D eigenvalue weighted by Gasteiger charge is 2.23. The van der Waals surface area contributed by atoms with Crippen LogP contribution in [0.1, 0.15) is 0 Å². The molecule has 1 unspecified atom stereocenters. The second kappa shape index (κ2) is 5.09. The summed E-state index contributed by atoms with van der Waals surface area (Å²) in [5.41, 5.74) is 0.0381. The van der Waals surface area contributed by atoms with E-state index in [0.29, 0.717) is 0 Å². The summed E-state index contributed by atoms with van der Waals surface area (Å²) >= 11 is 0. The molecular weight excluding hydrogens is 244 g/mol. The molecule has 0 aliphatic carbocycles. The Morgan fingerprint density at radius 3 is 2.50 bits per heavy atom. The maximum Gasteiger partial charge on any atom is 0.243 e. The molecule has 2 amide bonds. The molecule has 1 saturated heterocycles. The van der Waals surface area contributed by atoms with E-state index in [0.717, 1.165) is 18.2 Å². The number of hydrogen-bond acceptors (Lipinski definition) is 3. The largest absolute Gasteiger partial charge is 0.353 e. The van der Waals surface area contributed by atoms with Crippen molar-refractivity contribution in [2.45, 2.75) is 6.04 Å². The molecule has 1 aliphatic heterocycles. The molecule has 96 valence electrons. The van der Waals surface area contributed by atoms with Crippen molar-refractivity contribution in [3.05, 3.63) is 29.8 Å². The quantitative estimate of drug-likeness (QED) is 0.696. The first-order valence-corrected chi connectivity index (χ1v) is 5.31. The fourth-order valence-corrected chi connectivity index (χ4v) is 1.61. The van der Waals surface area contributed by atoms with E-state index in [1.54, 1.807) is 0 Å². The van der Waals surface area contributed by atoms with Gasteiger partial charge in [0.05, 0.1) is 6.54 Å². The highest BCUT2D eigenvalue weighted by molar-refractivity contribution is 5.96. The molecule has 7 heteroatoms. The van der Waals surface area contributed by atoms with Gasteiger partial charge >= 0.3 is 0 Å². The van der Waals surface area contributed by atoms with Crippen LogP contribution in [-0.4, -0.2) is 30.9 Å². The van der Waals surface area contributed by atoms with E-state index in [1.165, 1.54) is 0 Å². The SMILES string of the molecule is O=C1CNC(C(=O)Nc2cc(F)cc(F)c2)CN1. The number of rotatable bonds is 2. The van der Waals surface area contributed by atoms with E-state index in [9.17, 15) is 18.4 Å². The number of hydrogen-bond donors (Lipinski definition) is 3. The van der Waals surface area contributed by atoms with E-state index < -0.39 is 23.6 Å². The molecule has 3 N–H and O–H groups in total. The molecule has 1 heterocycles. The molecule has 1 aromatic carbocycles. The van der Waals surface area contributed by atoms with Crippen LogP contribution in [0.15, 0.2) is 18.2 Å². The van der Waals surface area contributed by atoms with Gasteiger partial charge in [0.15, 0.2) is 0 Å². The van der Waals surface area contributed by atoms with Crippen LogP contribution in [0.3, 0.4) is 0 Å². The summed E-state index contributed by atoms with van der Waals surface area (Å²) in [7, 11) is 0. The predicted molar refractivity (Wildman–Crippen MR) is 59.8 cm³/mol. The van der Waals surface area contributed by atoms with Crippen molar-refractivity contribution in [1.82, 2.24) is 10.6 Å². The molecule has 0 bridgehead atoms. The molecule has 5 nitrogen and oxygen atoms in total. The smallest absolute Gasteiger partial charge is 0.243 e. The van der Waals surface area contributed by atoms with E-state index in [-0.39, 0.29) is 24.7 Å². The van der Waals surface area contributed by atoms with E-state index in [1.807, 2.05) is 0 Å². The minimum atomic E-state index is -0.768. The maximum absolute atomic E-state index is 12.9. The van der Waals surface area contributed by atoms with Crippen molar-refractivity contribution in [3.8, 4) is 0 Å². The van der Waals surface area contributed by atoms with Gasteiger partial charge in [-0.25, -0.2) is 8.78 Å². The Balaban J connectivity index is 2.00. The Morgan fingerprint density at radius 2 is 1.94 bits per heavy atom. The summed E-state index contributed by atoms with van der Waals surface area (Å²) in [5, 5.41) is 7.59. The molecule has 1 atom stereocenters. The molecule has 1 aliphatic rings. The number of carbonyl (C=O) groups excluding carboxylic acids is 2. The standard InChI is InChI=1S/C11H11F2N3O2/c12-6-1-7(13)3-8(2-6)16-11(18)9-4-15-10(17)5-14-9/h1-3,9,14H,4-5H2,(H,15,17)(H,16,18). The highest BCUT2D eigenvalue weighted by atomic mass is 19.1. The molecule has 0 saturated carbocycles. The zero-order valence-corrected chi connectivity index (χ0v) is 9.30. The Labute approximate surface area is 102 Å². The van der Waals surface area contributed by atoms with Gasteiger partial charge in [-0.05, 0) is 12.1 Å². The second-order valence-corrected chi connectivity index (χ2v) is 3.88. The van der Waals surface area contributed by atoms with Crippen LogP contribution in [0.25, 0.3) is 0 Å². The molecule has 2 rings (SSSR count). The highest BCUT2D eigenvalue weighted by Crippen LogP contribution is 2.13. The van der Waals surface area contributed by atoms with Gasteiger partial charge in [0.1, 0.15) is 17.7 Å². The Kier molecular flexibility index (Phi) is 3.52. The first-order chi connectivity index (χ1) is 8.54. The van der Waals surface area contributed by atoms with E-state index in [2.05, 4.69) is 16.0 Å². The minimum Gasteiger partial charge on any atom is -0.353 e. The third kappa shape index (κ3) is 3.01. The van der Waals surface area contributed by atoms with Crippen molar-refractivity contribution in [2.24, 2.45) is 0 Å².